The Labute approximate surface area is 185 Å². The van der Waals surface area contributed by atoms with Crippen LogP contribution in [0.2, 0.25) is 0 Å². The first-order valence-electron chi connectivity index (χ1n) is 9.70. The van der Waals surface area contributed by atoms with Gasteiger partial charge in [-0.1, -0.05) is 24.3 Å². The molecule has 3 aromatic carbocycles. The Kier molecular flexibility index (Phi) is 7.42. The Morgan fingerprint density at radius 3 is 2.22 bits per heavy atom. The molecule has 0 unspecified atom stereocenters. The number of hydrogen-bond donors (Lipinski definition) is 2. The molecule has 0 spiro atoms. The minimum atomic E-state index is -0.472. The zero-order valence-corrected chi connectivity index (χ0v) is 17.6. The lowest BCUT2D eigenvalue weighted by atomic mass is 10.2. The van der Waals surface area contributed by atoms with Gasteiger partial charge in [0.15, 0.2) is 18.1 Å². The summed E-state index contributed by atoms with van der Waals surface area (Å²) in [6.07, 6.45) is 0. The van der Waals surface area contributed by atoms with Gasteiger partial charge in [0.2, 0.25) is 0 Å². The van der Waals surface area contributed by atoms with Crippen molar-refractivity contribution < 1.29 is 28.6 Å². The summed E-state index contributed by atoms with van der Waals surface area (Å²) in [5.41, 5.74) is 1.30. The maximum Gasteiger partial charge on any atom is 0.308 e. The van der Waals surface area contributed by atoms with Gasteiger partial charge in [0.1, 0.15) is 5.75 Å². The minimum absolute atomic E-state index is 0.208. The summed E-state index contributed by atoms with van der Waals surface area (Å²) in [4.78, 5) is 35.9. The molecule has 2 N–H and O–H groups in total. The van der Waals surface area contributed by atoms with Gasteiger partial charge >= 0.3 is 5.97 Å². The molecule has 2 amide bonds. The molecule has 3 aromatic rings. The van der Waals surface area contributed by atoms with Crippen LogP contribution in [0.4, 0.5) is 11.4 Å². The molecule has 0 atom stereocenters. The topological polar surface area (TPSA) is 103 Å². The third-order valence-electron chi connectivity index (χ3n) is 4.19. The predicted molar refractivity (Wildman–Crippen MR) is 119 cm³/mol. The molecule has 0 fully saturated rings. The molecule has 0 heterocycles. The van der Waals surface area contributed by atoms with E-state index in [1.54, 1.807) is 66.7 Å². The average molecular weight is 434 g/mol. The Bertz CT molecular complexity index is 1130. The molecular formula is C24H22N2O6. The van der Waals surface area contributed by atoms with Crippen molar-refractivity contribution in [1.29, 1.82) is 0 Å². The molecule has 0 aliphatic carbocycles. The van der Waals surface area contributed by atoms with E-state index in [1.165, 1.54) is 20.1 Å². The maximum atomic E-state index is 12.5. The van der Waals surface area contributed by atoms with E-state index >= 15 is 0 Å². The van der Waals surface area contributed by atoms with Crippen LogP contribution in [0.3, 0.4) is 0 Å². The predicted octanol–water partition coefficient (Wildman–Crippen LogP) is 3.89. The number of carbonyl (C=O) groups is 3. The number of benzene rings is 3. The molecule has 8 nitrogen and oxygen atoms in total. The zero-order chi connectivity index (χ0) is 22.9. The molecule has 8 heteroatoms. The van der Waals surface area contributed by atoms with E-state index in [0.717, 1.165) is 0 Å². The Balaban J connectivity index is 1.59. The van der Waals surface area contributed by atoms with Gasteiger partial charge in [-0.25, -0.2) is 0 Å². The molecule has 3 rings (SSSR count). The van der Waals surface area contributed by atoms with E-state index in [9.17, 15) is 14.4 Å². The molecule has 0 bridgehead atoms. The second-order valence-electron chi connectivity index (χ2n) is 6.64. The summed E-state index contributed by atoms with van der Waals surface area (Å²) >= 11 is 0. The SMILES string of the molecule is COc1ccccc1OCC(=O)Nc1cccc(NC(=O)c2cccc(OC(C)=O)c2)c1. The maximum absolute atomic E-state index is 12.5. The van der Waals surface area contributed by atoms with Crippen LogP contribution < -0.4 is 24.8 Å². The highest BCUT2D eigenvalue weighted by Gasteiger charge is 2.10. The van der Waals surface area contributed by atoms with Gasteiger partial charge in [0.25, 0.3) is 11.8 Å². The van der Waals surface area contributed by atoms with Crippen molar-refractivity contribution in [3.8, 4) is 17.2 Å². The van der Waals surface area contributed by atoms with Crippen molar-refractivity contribution in [2.24, 2.45) is 0 Å². The second-order valence-corrected chi connectivity index (χ2v) is 6.64. The number of rotatable bonds is 8. The lowest BCUT2D eigenvalue weighted by Crippen LogP contribution is -2.20. The van der Waals surface area contributed by atoms with E-state index in [2.05, 4.69) is 10.6 Å². The summed E-state index contributed by atoms with van der Waals surface area (Å²) in [5.74, 6) is 0.0438. The molecule has 0 radical (unpaired) electrons. The largest absolute Gasteiger partial charge is 0.493 e. The molecule has 164 valence electrons. The van der Waals surface area contributed by atoms with Gasteiger partial charge < -0.3 is 24.8 Å². The number of anilines is 2. The third-order valence-corrected chi connectivity index (χ3v) is 4.19. The number of ether oxygens (including phenoxy) is 3. The van der Waals surface area contributed by atoms with Crippen molar-refractivity contribution in [3.05, 3.63) is 78.4 Å². The van der Waals surface area contributed by atoms with Gasteiger partial charge in [0.05, 0.1) is 7.11 Å². The first-order chi connectivity index (χ1) is 15.4. The molecule has 0 saturated heterocycles. The van der Waals surface area contributed by atoms with Crippen LogP contribution in [0.25, 0.3) is 0 Å². The van der Waals surface area contributed by atoms with Gasteiger partial charge in [0, 0.05) is 23.9 Å². The number of carbonyl (C=O) groups excluding carboxylic acids is 3. The van der Waals surface area contributed by atoms with Crippen LogP contribution in [0.1, 0.15) is 17.3 Å². The fourth-order valence-electron chi connectivity index (χ4n) is 2.82. The van der Waals surface area contributed by atoms with Crippen LogP contribution in [-0.4, -0.2) is 31.5 Å². The number of para-hydroxylation sites is 2. The van der Waals surface area contributed by atoms with Gasteiger partial charge in [-0.15, -0.1) is 0 Å². The van der Waals surface area contributed by atoms with Gasteiger partial charge in [-0.3, -0.25) is 14.4 Å². The monoisotopic (exact) mass is 434 g/mol. The van der Waals surface area contributed by atoms with Crippen LogP contribution >= 0.6 is 0 Å². The van der Waals surface area contributed by atoms with Crippen molar-refractivity contribution in [2.45, 2.75) is 6.92 Å². The number of esters is 1. The van der Waals surface area contributed by atoms with E-state index in [-0.39, 0.29) is 24.2 Å². The van der Waals surface area contributed by atoms with Gasteiger partial charge in [-0.2, -0.15) is 0 Å². The van der Waals surface area contributed by atoms with Crippen LogP contribution in [0.5, 0.6) is 17.2 Å². The quantitative estimate of drug-likeness (QED) is 0.412. The van der Waals surface area contributed by atoms with E-state index in [1.807, 2.05) is 0 Å². The van der Waals surface area contributed by atoms with Crippen molar-refractivity contribution in [2.75, 3.05) is 24.4 Å². The fourth-order valence-corrected chi connectivity index (χ4v) is 2.82. The lowest BCUT2D eigenvalue weighted by Gasteiger charge is -2.11. The Morgan fingerprint density at radius 1 is 0.812 bits per heavy atom. The molecule has 0 saturated carbocycles. The summed E-state index contributed by atoms with van der Waals surface area (Å²) in [6.45, 7) is 1.08. The Morgan fingerprint density at radius 2 is 1.50 bits per heavy atom. The average Bonchev–Trinajstić information content (AvgIpc) is 2.78. The van der Waals surface area contributed by atoms with E-state index < -0.39 is 5.97 Å². The molecule has 32 heavy (non-hydrogen) atoms. The smallest absolute Gasteiger partial charge is 0.308 e. The molecule has 0 aliphatic heterocycles. The number of nitrogens with one attached hydrogen (secondary N) is 2. The highest BCUT2D eigenvalue weighted by molar-refractivity contribution is 6.05. The van der Waals surface area contributed by atoms with Crippen molar-refractivity contribution in [1.82, 2.24) is 0 Å². The molecule has 0 aliphatic rings. The van der Waals surface area contributed by atoms with Crippen LogP contribution in [0, 0.1) is 0 Å². The summed E-state index contributed by atoms with van der Waals surface area (Å²) in [6, 6.07) is 20.0. The first-order valence-corrected chi connectivity index (χ1v) is 9.70. The Hall–Kier alpha value is -4.33. The second kappa shape index (κ2) is 10.6. The fraction of sp³-hybridized carbons (Fsp3) is 0.125. The van der Waals surface area contributed by atoms with E-state index in [0.29, 0.717) is 28.4 Å². The van der Waals surface area contributed by atoms with Gasteiger partial charge in [-0.05, 0) is 48.5 Å². The zero-order valence-electron chi connectivity index (χ0n) is 17.6. The third kappa shape index (κ3) is 6.33. The van der Waals surface area contributed by atoms with Crippen molar-refractivity contribution in [3.63, 3.8) is 0 Å². The first kappa shape index (κ1) is 22.4. The summed E-state index contributed by atoms with van der Waals surface area (Å²) in [7, 11) is 1.52. The summed E-state index contributed by atoms with van der Waals surface area (Å²) < 4.78 is 15.7. The molecular weight excluding hydrogens is 412 g/mol. The molecule has 0 aromatic heterocycles. The minimum Gasteiger partial charge on any atom is -0.493 e. The highest BCUT2D eigenvalue weighted by Crippen LogP contribution is 2.25. The standard InChI is InChI=1S/C24H22N2O6/c1-16(27)32-20-10-5-7-17(13-20)24(29)26-19-9-6-8-18(14-19)25-23(28)15-31-22-12-4-3-11-21(22)30-2/h3-14H,15H2,1-2H3,(H,25,28)(H,26,29). The normalized spacial score (nSPS) is 10.1. The highest BCUT2D eigenvalue weighted by atomic mass is 16.5. The number of methoxy groups -OCH3 is 1. The number of amides is 2. The van der Waals surface area contributed by atoms with Crippen LogP contribution in [-0.2, 0) is 9.59 Å². The van der Waals surface area contributed by atoms with E-state index in [4.69, 9.17) is 14.2 Å². The van der Waals surface area contributed by atoms with Crippen LogP contribution in [0.15, 0.2) is 72.8 Å². The lowest BCUT2D eigenvalue weighted by molar-refractivity contribution is -0.131. The summed E-state index contributed by atoms with van der Waals surface area (Å²) in [5, 5.41) is 5.47. The van der Waals surface area contributed by atoms with Crippen molar-refractivity contribution >= 4 is 29.2 Å². The number of hydrogen-bond acceptors (Lipinski definition) is 6.